The molecular weight excluding hydrogens is 286 g/mol. The van der Waals surface area contributed by atoms with E-state index in [-0.39, 0.29) is 5.91 Å². The van der Waals surface area contributed by atoms with Crippen molar-refractivity contribution in [3.63, 3.8) is 0 Å². The molecule has 0 N–H and O–H groups in total. The molecule has 3 rings (SSSR count). The lowest BCUT2D eigenvalue weighted by Crippen LogP contribution is -2.52. The van der Waals surface area contributed by atoms with Gasteiger partial charge in [-0.05, 0) is 56.9 Å². The van der Waals surface area contributed by atoms with E-state index in [9.17, 15) is 4.79 Å². The molecule has 0 aromatic heterocycles. The second-order valence-electron chi connectivity index (χ2n) is 6.63. The van der Waals surface area contributed by atoms with Crippen LogP contribution in [-0.4, -0.2) is 18.1 Å². The molecule has 0 atom stereocenters. The Morgan fingerprint density at radius 2 is 1.83 bits per heavy atom. The van der Waals surface area contributed by atoms with Gasteiger partial charge in [0.25, 0.3) is 5.91 Å². The molecule has 2 aromatic rings. The number of hydrogen-bond acceptors (Lipinski definition) is 2. The van der Waals surface area contributed by atoms with Gasteiger partial charge in [0.15, 0.2) is 5.60 Å². The molecule has 3 heteroatoms. The molecule has 1 aliphatic heterocycles. The summed E-state index contributed by atoms with van der Waals surface area (Å²) in [4.78, 5) is 14.6. The Morgan fingerprint density at radius 3 is 2.57 bits per heavy atom. The van der Waals surface area contributed by atoms with Crippen molar-refractivity contribution in [2.75, 3.05) is 11.4 Å². The molecular formula is C20H23NO2. The molecule has 0 bridgehead atoms. The molecule has 0 fully saturated rings. The van der Waals surface area contributed by atoms with Crippen LogP contribution in [0.2, 0.25) is 0 Å². The van der Waals surface area contributed by atoms with Crippen LogP contribution < -0.4 is 9.64 Å². The van der Waals surface area contributed by atoms with E-state index in [1.54, 1.807) is 0 Å². The van der Waals surface area contributed by atoms with Gasteiger partial charge in [-0.25, -0.2) is 0 Å². The van der Waals surface area contributed by atoms with Gasteiger partial charge in [-0.15, -0.1) is 0 Å². The fourth-order valence-electron chi connectivity index (χ4n) is 2.99. The van der Waals surface area contributed by atoms with Gasteiger partial charge >= 0.3 is 0 Å². The lowest BCUT2D eigenvalue weighted by molar-refractivity contribution is -0.132. The maximum absolute atomic E-state index is 12.8. The number of aryl methyl sites for hydroxylation is 2. The predicted molar refractivity (Wildman–Crippen MR) is 93.0 cm³/mol. The number of benzene rings is 2. The number of ether oxygens (including phenoxy) is 1. The van der Waals surface area contributed by atoms with Crippen LogP contribution in [0.5, 0.6) is 5.75 Å². The predicted octanol–water partition coefficient (Wildman–Crippen LogP) is 4.13. The van der Waals surface area contributed by atoms with E-state index in [1.165, 1.54) is 5.56 Å². The molecule has 120 valence electrons. The van der Waals surface area contributed by atoms with Gasteiger partial charge in [-0.2, -0.15) is 0 Å². The second kappa shape index (κ2) is 6.07. The molecule has 0 radical (unpaired) electrons. The summed E-state index contributed by atoms with van der Waals surface area (Å²) in [5.41, 5.74) is 2.52. The highest BCUT2D eigenvalue weighted by atomic mass is 16.5. The number of fused-ring (bicyclic) bond motifs is 1. The van der Waals surface area contributed by atoms with Gasteiger partial charge in [0.1, 0.15) is 5.75 Å². The fourth-order valence-corrected chi connectivity index (χ4v) is 2.99. The zero-order valence-electron chi connectivity index (χ0n) is 14.0. The van der Waals surface area contributed by atoms with Crippen molar-refractivity contribution >= 4 is 11.6 Å². The number of carbonyl (C=O) groups is 1. The van der Waals surface area contributed by atoms with E-state index in [1.807, 2.05) is 49.9 Å². The van der Waals surface area contributed by atoms with Crippen molar-refractivity contribution in [1.29, 1.82) is 0 Å². The minimum absolute atomic E-state index is 0.0312. The van der Waals surface area contributed by atoms with Crippen molar-refractivity contribution in [2.24, 2.45) is 0 Å². The average molecular weight is 309 g/mol. The topological polar surface area (TPSA) is 29.5 Å². The van der Waals surface area contributed by atoms with E-state index in [2.05, 4.69) is 24.3 Å². The average Bonchev–Trinajstić information content (AvgIpc) is 2.53. The Bertz CT molecular complexity index is 707. The maximum Gasteiger partial charge on any atom is 0.270 e. The second-order valence-corrected chi connectivity index (χ2v) is 6.63. The minimum Gasteiger partial charge on any atom is -0.476 e. The Labute approximate surface area is 137 Å². The molecule has 1 aliphatic rings. The lowest BCUT2D eigenvalue weighted by Gasteiger charge is -2.39. The third-order valence-electron chi connectivity index (χ3n) is 4.22. The zero-order valence-corrected chi connectivity index (χ0v) is 14.0. The fraction of sp³-hybridized carbons (Fsp3) is 0.350. The summed E-state index contributed by atoms with van der Waals surface area (Å²) in [6.07, 6.45) is 1.90. The van der Waals surface area contributed by atoms with E-state index >= 15 is 0 Å². The normalized spacial score (nSPS) is 16.0. The SMILES string of the molecule is Cc1ccc2c(c1)N(CCCc1ccccc1)C(=O)C(C)(C)O2. The van der Waals surface area contributed by atoms with E-state index in [0.717, 1.165) is 29.8 Å². The summed E-state index contributed by atoms with van der Waals surface area (Å²) < 4.78 is 5.89. The number of carbonyl (C=O) groups excluding carboxylic acids is 1. The molecule has 1 amide bonds. The smallest absolute Gasteiger partial charge is 0.270 e. The first-order valence-electron chi connectivity index (χ1n) is 8.13. The monoisotopic (exact) mass is 309 g/mol. The van der Waals surface area contributed by atoms with Crippen molar-refractivity contribution in [1.82, 2.24) is 0 Å². The van der Waals surface area contributed by atoms with Gasteiger partial charge in [-0.1, -0.05) is 36.4 Å². The quantitative estimate of drug-likeness (QED) is 0.850. The molecule has 0 saturated heterocycles. The molecule has 0 saturated carbocycles. The summed E-state index contributed by atoms with van der Waals surface area (Å²) in [5, 5.41) is 0. The standard InChI is InChI=1S/C20H23NO2/c1-15-11-12-18-17(14-15)21(19(22)20(2,3)23-18)13-7-10-16-8-5-4-6-9-16/h4-6,8-9,11-12,14H,7,10,13H2,1-3H3. The van der Waals surface area contributed by atoms with Crippen molar-refractivity contribution in [3.8, 4) is 5.75 Å². The summed E-state index contributed by atoms with van der Waals surface area (Å²) >= 11 is 0. The van der Waals surface area contributed by atoms with Crippen LogP contribution in [0, 0.1) is 6.92 Å². The Kier molecular flexibility index (Phi) is 4.12. The Hall–Kier alpha value is -2.29. The van der Waals surface area contributed by atoms with Gasteiger partial charge in [-0.3, -0.25) is 4.79 Å². The number of anilines is 1. The van der Waals surface area contributed by atoms with Crippen LogP contribution in [0.25, 0.3) is 0 Å². The zero-order chi connectivity index (χ0) is 16.4. The first-order valence-corrected chi connectivity index (χ1v) is 8.13. The summed E-state index contributed by atoms with van der Waals surface area (Å²) in [6, 6.07) is 16.4. The molecule has 3 nitrogen and oxygen atoms in total. The van der Waals surface area contributed by atoms with Crippen LogP contribution in [0.4, 0.5) is 5.69 Å². The summed E-state index contributed by atoms with van der Waals surface area (Å²) in [6.45, 7) is 6.41. The van der Waals surface area contributed by atoms with Crippen molar-refractivity contribution in [3.05, 3.63) is 59.7 Å². The molecule has 0 unspecified atom stereocenters. The van der Waals surface area contributed by atoms with Gasteiger partial charge < -0.3 is 9.64 Å². The highest BCUT2D eigenvalue weighted by Crippen LogP contribution is 2.38. The summed E-state index contributed by atoms with van der Waals surface area (Å²) in [7, 11) is 0. The van der Waals surface area contributed by atoms with E-state index < -0.39 is 5.60 Å². The first-order chi connectivity index (χ1) is 11.0. The van der Waals surface area contributed by atoms with Gasteiger partial charge in [0, 0.05) is 6.54 Å². The van der Waals surface area contributed by atoms with E-state index in [4.69, 9.17) is 4.74 Å². The van der Waals surface area contributed by atoms with Crippen LogP contribution in [-0.2, 0) is 11.2 Å². The number of hydrogen-bond donors (Lipinski definition) is 0. The number of amides is 1. The molecule has 0 spiro atoms. The Morgan fingerprint density at radius 1 is 1.09 bits per heavy atom. The minimum atomic E-state index is -0.811. The molecule has 1 heterocycles. The van der Waals surface area contributed by atoms with Crippen LogP contribution in [0.15, 0.2) is 48.5 Å². The largest absolute Gasteiger partial charge is 0.476 e. The van der Waals surface area contributed by atoms with Crippen LogP contribution >= 0.6 is 0 Å². The highest BCUT2D eigenvalue weighted by Gasteiger charge is 2.40. The third kappa shape index (κ3) is 3.24. The molecule has 0 aliphatic carbocycles. The van der Waals surface area contributed by atoms with Crippen LogP contribution in [0.3, 0.4) is 0 Å². The van der Waals surface area contributed by atoms with Crippen LogP contribution in [0.1, 0.15) is 31.4 Å². The van der Waals surface area contributed by atoms with Gasteiger partial charge in [0.2, 0.25) is 0 Å². The third-order valence-corrected chi connectivity index (χ3v) is 4.22. The Balaban J connectivity index is 1.79. The number of rotatable bonds is 4. The lowest BCUT2D eigenvalue weighted by atomic mass is 10.0. The molecule has 2 aromatic carbocycles. The highest BCUT2D eigenvalue weighted by molar-refractivity contribution is 6.02. The van der Waals surface area contributed by atoms with E-state index in [0.29, 0.717) is 6.54 Å². The molecule has 23 heavy (non-hydrogen) atoms. The van der Waals surface area contributed by atoms with Crippen molar-refractivity contribution in [2.45, 2.75) is 39.2 Å². The maximum atomic E-state index is 12.8. The van der Waals surface area contributed by atoms with Gasteiger partial charge in [0.05, 0.1) is 5.69 Å². The first kappa shape index (κ1) is 15.6. The number of nitrogens with zero attached hydrogens (tertiary/aromatic N) is 1. The summed E-state index contributed by atoms with van der Waals surface area (Å²) in [5.74, 6) is 0.823. The van der Waals surface area contributed by atoms with Crippen molar-refractivity contribution < 1.29 is 9.53 Å².